The largest absolute Gasteiger partial charge is 0.349 e. The van der Waals surface area contributed by atoms with Crippen molar-refractivity contribution in [3.8, 4) is 0 Å². The van der Waals surface area contributed by atoms with Gasteiger partial charge in [0.05, 0.1) is 16.9 Å². The summed E-state index contributed by atoms with van der Waals surface area (Å²) in [5.41, 5.74) is 2.21. The first-order valence-electron chi connectivity index (χ1n) is 9.30. The van der Waals surface area contributed by atoms with Gasteiger partial charge in [0.25, 0.3) is 0 Å². The number of carbonyl (C=O) groups excluding carboxylic acids is 1. The fourth-order valence-electron chi connectivity index (χ4n) is 3.60. The Morgan fingerprint density at radius 3 is 2.48 bits per heavy atom. The van der Waals surface area contributed by atoms with Crippen molar-refractivity contribution in [1.82, 2.24) is 9.62 Å². The molecule has 1 heterocycles. The molecule has 0 spiro atoms. The fraction of sp³-hybridized carbons (Fsp3) is 0.381. The molecule has 2 aromatic carbocycles. The molecule has 1 fully saturated rings. The Bertz CT molecular complexity index is 897. The van der Waals surface area contributed by atoms with Crippen LogP contribution in [-0.4, -0.2) is 31.7 Å². The van der Waals surface area contributed by atoms with Crippen molar-refractivity contribution in [2.75, 3.05) is 13.1 Å². The van der Waals surface area contributed by atoms with Gasteiger partial charge >= 0.3 is 0 Å². The zero-order valence-electron chi connectivity index (χ0n) is 15.8. The van der Waals surface area contributed by atoms with Gasteiger partial charge < -0.3 is 5.32 Å². The SMILES string of the molecule is Cc1ccccc1[C@@H](C)NC(=O)[C@@H]1CCCN(S(=O)(=O)c2ccccc2)C1. The lowest BCUT2D eigenvalue weighted by molar-refractivity contribution is -0.126. The van der Waals surface area contributed by atoms with Crippen molar-refractivity contribution >= 4 is 15.9 Å². The van der Waals surface area contributed by atoms with Crippen LogP contribution in [0.4, 0.5) is 0 Å². The third-order valence-electron chi connectivity index (χ3n) is 5.15. The van der Waals surface area contributed by atoms with Crippen LogP contribution in [0.2, 0.25) is 0 Å². The number of carbonyl (C=O) groups is 1. The highest BCUT2D eigenvalue weighted by Crippen LogP contribution is 2.25. The zero-order chi connectivity index (χ0) is 19.4. The Labute approximate surface area is 161 Å². The second-order valence-corrected chi connectivity index (χ2v) is 9.04. The average Bonchev–Trinajstić information content (AvgIpc) is 2.69. The monoisotopic (exact) mass is 386 g/mol. The number of sulfonamides is 1. The number of benzene rings is 2. The fourth-order valence-corrected chi connectivity index (χ4v) is 5.14. The summed E-state index contributed by atoms with van der Waals surface area (Å²) in [6.45, 7) is 4.66. The van der Waals surface area contributed by atoms with E-state index in [1.165, 1.54) is 4.31 Å². The molecule has 0 bridgehead atoms. The van der Waals surface area contributed by atoms with Gasteiger partial charge in [0.2, 0.25) is 15.9 Å². The van der Waals surface area contributed by atoms with E-state index in [-0.39, 0.29) is 29.3 Å². The lowest BCUT2D eigenvalue weighted by Crippen LogP contribution is -2.45. The number of nitrogens with zero attached hydrogens (tertiary/aromatic N) is 1. The number of amides is 1. The number of rotatable bonds is 5. The van der Waals surface area contributed by atoms with Crippen LogP contribution in [0.15, 0.2) is 59.5 Å². The second-order valence-electron chi connectivity index (χ2n) is 7.10. The second kappa shape index (κ2) is 8.23. The molecule has 6 heteroatoms. The highest BCUT2D eigenvalue weighted by atomic mass is 32.2. The Morgan fingerprint density at radius 2 is 1.78 bits per heavy atom. The Hall–Kier alpha value is -2.18. The summed E-state index contributed by atoms with van der Waals surface area (Å²) < 4.78 is 27.1. The molecule has 1 aliphatic rings. The average molecular weight is 387 g/mol. The van der Waals surface area contributed by atoms with E-state index in [0.717, 1.165) is 11.1 Å². The minimum absolute atomic E-state index is 0.0845. The predicted molar refractivity (Wildman–Crippen MR) is 106 cm³/mol. The zero-order valence-corrected chi connectivity index (χ0v) is 16.6. The quantitative estimate of drug-likeness (QED) is 0.858. The first-order valence-corrected chi connectivity index (χ1v) is 10.7. The third-order valence-corrected chi connectivity index (χ3v) is 7.03. The van der Waals surface area contributed by atoms with Crippen LogP contribution < -0.4 is 5.32 Å². The van der Waals surface area contributed by atoms with Crippen LogP contribution in [0.25, 0.3) is 0 Å². The molecule has 0 aromatic heterocycles. The van der Waals surface area contributed by atoms with Crippen molar-refractivity contribution in [2.45, 2.75) is 37.6 Å². The van der Waals surface area contributed by atoms with Crippen molar-refractivity contribution in [3.63, 3.8) is 0 Å². The van der Waals surface area contributed by atoms with Crippen molar-refractivity contribution in [2.24, 2.45) is 5.92 Å². The molecule has 1 N–H and O–H groups in total. The van der Waals surface area contributed by atoms with Gasteiger partial charge in [0.1, 0.15) is 0 Å². The molecule has 0 radical (unpaired) electrons. The van der Waals surface area contributed by atoms with Crippen LogP contribution in [0.5, 0.6) is 0 Å². The molecule has 5 nitrogen and oxygen atoms in total. The Balaban J connectivity index is 1.69. The molecule has 1 aliphatic heterocycles. The summed E-state index contributed by atoms with van der Waals surface area (Å²) >= 11 is 0. The number of piperidine rings is 1. The maximum atomic E-state index is 12.8. The van der Waals surface area contributed by atoms with Gasteiger partial charge in [0, 0.05) is 13.1 Å². The molecule has 3 rings (SSSR count). The number of hydrogen-bond donors (Lipinski definition) is 1. The molecule has 0 unspecified atom stereocenters. The third kappa shape index (κ3) is 4.39. The lowest BCUT2D eigenvalue weighted by atomic mass is 9.97. The van der Waals surface area contributed by atoms with Crippen molar-refractivity contribution in [3.05, 3.63) is 65.7 Å². The van der Waals surface area contributed by atoms with Gasteiger partial charge in [-0.15, -0.1) is 0 Å². The number of nitrogens with one attached hydrogen (secondary N) is 1. The predicted octanol–water partition coefficient (Wildman–Crippen LogP) is 3.27. The summed E-state index contributed by atoms with van der Waals surface area (Å²) in [5, 5.41) is 3.06. The molecule has 0 aliphatic carbocycles. The Kier molecular flexibility index (Phi) is 5.97. The summed E-state index contributed by atoms with van der Waals surface area (Å²) in [6, 6.07) is 16.3. The van der Waals surface area contributed by atoms with E-state index < -0.39 is 10.0 Å². The molecular weight excluding hydrogens is 360 g/mol. The molecule has 1 amide bonds. The van der Waals surface area contributed by atoms with Crippen molar-refractivity contribution < 1.29 is 13.2 Å². The van der Waals surface area contributed by atoms with Crippen LogP contribution in [0.3, 0.4) is 0 Å². The summed E-state index contributed by atoms with van der Waals surface area (Å²) in [4.78, 5) is 13.0. The van der Waals surface area contributed by atoms with E-state index >= 15 is 0 Å². The van der Waals surface area contributed by atoms with E-state index in [0.29, 0.717) is 19.4 Å². The van der Waals surface area contributed by atoms with Crippen molar-refractivity contribution in [1.29, 1.82) is 0 Å². The highest BCUT2D eigenvalue weighted by molar-refractivity contribution is 7.89. The molecule has 0 saturated carbocycles. The summed E-state index contributed by atoms with van der Waals surface area (Å²) in [5.74, 6) is -0.414. The van der Waals surface area contributed by atoms with Crippen LogP contribution in [0, 0.1) is 12.8 Å². The summed E-state index contributed by atoms with van der Waals surface area (Å²) in [7, 11) is -3.56. The van der Waals surface area contributed by atoms with E-state index in [1.807, 2.05) is 38.1 Å². The van der Waals surface area contributed by atoms with E-state index in [2.05, 4.69) is 5.32 Å². The first-order chi connectivity index (χ1) is 12.9. The van der Waals surface area contributed by atoms with Gasteiger partial charge in [-0.05, 0) is 49.9 Å². The van der Waals surface area contributed by atoms with Crippen LogP contribution in [-0.2, 0) is 14.8 Å². The van der Waals surface area contributed by atoms with Gasteiger partial charge in [-0.3, -0.25) is 4.79 Å². The molecule has 2 aromatic rings. The van der Waals surface area contributed by atoms with Gasteiger partial charge in [-0.2, -0.15) is 4.31 Å². The Morgan fingerprint density at radius 1 is 1.11 bits per heavy atom. The minimum atomic E-state index is -3.56. The van der Waals surface area contributed by atoms with Gasteiger partial charge in [0.15, 0.2) is 0 Å². The molecule has 27 heavy (non-hydrogen) atoms. The topological polar surface area (TPSA) is 66.5 Å². The normalized spacial score (nSPS) is 19.4. The highest BCUT2D eigenvalue weighted by Gasteiger charge is 2.33. The summed E-state index contributed by atoms with van der Waals surface area (Å²) in [6.07, 6.45) is 1.38. The van der Waals surface area contributed by atoms with Gasteiger partial charge in [-0.1, -0.05) is 42.5 Å². The maximum absolute atomic E-state index is 12.8. The van der Waals surface area contributed by atoms with Crippen LogP contribution in [0.1, 0.15) is 36.9 Å². The smallest absolute Gasteiger partial charge is 0.243 e. The van der Waals surface area contributed by atoms with Crippen LogP contribution >= 0.6 is 0 Å². The molecular formula is C21H26N2O3S. The standard InChI is InChI=1S/C21H26N2O3S/c1-16-9-6-7-13-20(16)17(2)22-21(24)18-10-8-14-23(15-18)27(25,26)19-11-4-3-5-12-19/h3-7,9,11-13,17-18H,8,10,14-15H2,1-2H3,(H,22,24)/t17-,18-/m1/s1. The first kappa shape index (κ1) is 19.6. The lowest BCUT2D eigenvalue weighted by Gasteiger charge is -2.32. The molecule has 144 valence electrons. The van der Waals surface area contributed by atoms with E-state index in [9.17, 15) is 13.2 Å². The molecule has 2 atom stereocenters. The van der Waals surface area contributed by atoms with E-state index in [4.69, 9.17) is 0 Å². The number of aryl methyl sites for hydroxylation is 1. The number of hydrogen-bond acceptors (Lipinski definition) is 3. The molecule has 1 saturated heterocycles. The van der Waals surface area contributed by atoms with E-state index in [1.54, 1.807) is 30.3 Å². The minimum Gasteiger partial charge on any atom is -0.349 e. The maximum Gasteiger partial charge on any atom is 0.243 e. The van der Waals surface area contributed by atoms with Gasteiger partial charge in [-0.25, -0.2) is 8.42 Å².